The Balaban J connectivity index is 2.46. The number of rotatable bonds is 5. The fourth-order valence-corrected chi connectivity index (χ4v) is 0.918. The van der Waals surface area contributed by atoms with Crippen LogP contribution in [-0.2, 0) is 22.7 Å². The Morgan fingerprint density at radius 1 is 1.53 bits per heavy atom. The number of amides is 2. The van der Waals surface area contributed by atoms with E-state index in [-0.39, 0.29) is 25.5 Å². The third kappa shape index (κ3) is 3.73. The van der Waals surface area contributed by atoms with E-state index in [2.05, 4.69) is 15.6 Å². The molecule has 0 aromatic carbocycles. The van der Waals surface area contributed by atoms with Crippen LogP contribution in [0.1, 0.15) is 5.69 Å². The molecule has 0 saturated carbocycles. The number of hydrogen-bond acceptors (Lipinski definition) is 5. The number of primary amides is 1. The maximum absolute atomic E-state index is 10.8. The minimum atomic E-state index is -0.502. The Morgan fingerprint density at radius 2 is 2.27 bits per heavy atom. The van der Waals surface area contributed by atoms with Gasteiger partial charge >= 0.3 is 0 Å². The first-order chi connectivity index (χ1) is 7.11. The first-order valence-electron chi connectivity index (χ1n) is 4.26. The van der Waals surface area contributed by atoms with Crippen molar-refractivity contribution in [2.45, 2.75) is 13.1 Å². The maximum atomic E-state index is 10.8. The summed E-state index contributed by atoms with van der Waals surface area (Å²) in [4.78, 5) is 21.3. The Kier molecular flexibility index (Phi) is 3.75. The molecule has 1 rings (SSSR count). The molecule has 0 radical (unpaired) electrons. The lowest BCUT2D eigenvalue weighted by Gasteiger charge is -1.98. The second-order valence-corrected chi connectivity index (χ2v) is 2.85. The van der Waals surface area contributed by atoms with Gasteiger partial charge in [-0.1, -0.05) is 5.21 Å². The van der Waals surface area contributed by atoms with Gasteiger partial charge in [0.25, 0.3) is 0 Å². The molecule has 8 heteroatoms. The van der Waals surface area contributed by atoms with E-state index in [1.807, 2.05) is 0 Å². The van der Waals surface area contributed by atoms with Crippen molar-refractivity contribution in [3.63, 3.8) is 0 Å². The van der Waals surface area contributed by atoms with Gasteiger partial charge in [0.05, 0.1) is 19.3 Å². The molecule has 0 atom stereocenters. The van der Waals surface area contributed by atoms with E-state index in [0.717, 1.165) is 0 Å². The molecular weight excluding hydrogens is 200 g/mol. The molecule has 5 N–H and O–H groups in total. The molecule has 0 aliphatic rings. The summed E-state index contributed by atoms with van der Waals surface area (Å²) in [5.74, 6) is -0.781. The Bertz CT molecular complexity index is 360. The number of nitrogens with two attached hydrogens (primary N) is 2. The largest absolute Gasteiger partial charge is 0.368 e. The van der Waals surface area contributed by atoms with E-state index in [1.165, 1.54) is 10.9 Å². The molecule has 1 aromatic rings. The highest BCUT2D eigenvalue weighted by atomic mass is 16.2. The van der Waals surface area contributed by atoms with Gasteiger partial charge < -0.3 is 16.8 Å². The van der Waals surface area contributed by atoms with Crippen molar-refractivity contribution in [1.29, 1.82) is 0 Å². The van der Waals surface area contributed by atoms with Gasteiger partial charge in [-0.2, -0.15) is 0 Å². The van der Waals surface area contributed by atoms with Crippen LogP contribution in [0.4, 0.5) is 0 Å². The number of carbonyl (C=O) groups is 2. The number of nitrogens with zero attached hydrogens (tertiary/aromatic N) is 3. The minimum Gasteiger partial charge on any atom is -0.368 e. The highest BCUT2D eigenvalue weighted by Crippen LogP contribution is 1.91. The molecule has 1 heterocycles. The van der Waals surface area contributed by atoms with Crippen molar-refractivity contribution in [3.05, 3.63) is 11.9 Å². The molecule has 2 amide bonds. The first-order valence-corrected chi connectivity index (χ1v) is 4.26. The summed E-state index contributed by atoms with van der Waals surface area (Å²) in [6, 6.07) is 0. The molecule has 1 aromatic heterocycles. The van der Waals surface area contributed by atoms with Crippen molar-refractivity contribution in [3.8, 4) is 0 Å². The van der Waals surface area contributed by atoms with Crippen LogP contribution in [0.5, 0.6) is 0 Å². The summed E-state index contributed by atoms with van der Waals surface area (Å²) in [7, 11) is 0. The van der Waals surface area contributed by atoms with E-state index >= 15 is 0 Å². The van der Waals surface area contributed by atoms with Crippen LogP contribution in [0, 0.1) is 0 Å². The molecule has 8 nitrogen and oxygen atoms in total. The second-order valence-electron chi connectivity index (χ2n) is 2.85. The first kappa shape index (κ1) is 11.1. The van der Waals surface area contributed by atoms with Crippen molar-refractivity contribution in [1.82, 2.24) is 20.3 Å². The van der Waals surface area contributed by atoms with E-state index in [1.54, 1.807) is 0 Å². The van der Waals surface area contributed by atoms with Crippen LogP contribution in [0.15, 0.2) is 6.20 Å². The van der Waals surface area contributed by atoms with Crippen LogP contribution < -0.4 is 16.8 Å². The average molecular weight is 212 g/mol. The lowest BCUT2D eigenvalue weighted by Crippen LogP contribution is -2.29. The predicted octanol–water partition coefficient (Wildman–Crippen LogP) is -2.66. The number of aromatic nitrogens is 3. The normalized spacial score (nSPS) is 9.93. The van der Waals surface area contributed by atoms with Crippen LogP contribution in [0.3, 0.4) is 0 Å². The zero-order chi connectivity index (χ0) is 11.3. The van der Waals surface area contributed by atoms with Crippen LogP contribution in [0.2, 0.25) is 0 Å². The molecule has 0 aliphatic carbocycles. The topological polar surface area (TPSA) is 129 Å². The molecule has 0 bridgehead atoms. The van der Waals surface area contributed by atoms with E-state index in [4.69, 9.17) is 11.5 Å². The third-order valence-corrected chi connectivity index (χ3v) is 1.56. The Labute approximate surface area is 85.6 Å². The van der Waals surface area contributed by atoms with E-state index in [0.29, 0.717) is 5.69 Å². The van der Waals surface area contributed by atoms with Crippen molar-refractivity contribution in [2.75, 3.05) is 6.54 Å². The predicted molar refractivity (Wildman–Crippen MR) is 50.1 cm³/mol. The van der Waals surface area contributed by atoms with Gasteiger partial charge in [0.1, 0.15) is 12.2 Å². The van der Waals surface area contributed by atoms with Crippen molar-refractivity contribution in [2.24, 2.45) is 11.5 Å². The third-order valence-electron chi connectivity index (χ3n) is 1.56. The Hall–Kier alpha value is -1.96. The number of nitrogens with one attached hydrogen (secondary N) is 1. The van der Waals surface area contributed by atoms with Gasteiger partial charge in [-0.3, -0.25) is 9.59 Å². The van der Waals surface area contributed by atoms with Gasteiger partial charge in [-0.25, -0.2) is 4.68 Å². The monoisotopic (exact) mass is 212 g/mol. The smallest absolute Gasteiger partial charge is 0.239 e. The standard InChI is InChI=1S/C7H12N6O2/c8-1-7(15)10-2-5-3-13(12-11-5)4-6(9)14/h3H,1-2,4,8H2,(H2,9,14)(H,10,15). The summed E-state index contributed by atoms with van der Waals surface area (Å²) in [6.45, 7) is 0.127. The molecule has 0 spiro atoms. The fourth-order valence-electron chi connectivity index (χ4n) is 0.918. The highest BCUT2D eigenvalue weighted by Gasteiger charge is 2.04. The van der Waals surface area contributed by atoms with Gasteiger partial charge in [0.15, 0.2) is 0 Å². The Morgan fingerprint density at radius 3 is 2.87 bits per heavy atom. The summed E-state index contributed by atoms with van der Waals surface area (Å²) in [5, 5.41) is 9.89. The van der Waals surface area contributed by atoms with Crippen LogP contribution >= 0.6 is 0 Å². The fraction of sp³-hybridized carbons (Fsp3) is 0.429. The van der Waals surface area contributed by atoms with Crippen LogP contribution in [-0.4, -0.2) is 33.4 Å². The summed E-state index contributed by atoms with van der Waals surface area (Å²) in [5.41, 5.74) is 10.6. The molecule has 0 fully saturated rings. The van der Waals surface area contributed by atoms with Gasteiger partial charge in [0.2, 0.25) is 11.8 Å². The van der Waals surface area contributed by atoms with Gasteiger partial charge in [-0.05, 0) is 0 Å². The van der Waals surface area contributed by atoms with E-state index < -0.39 is 5.91 Å². The summed E-state index contributed by atoms with van der Waals surface area (Å²) in [6.07, 6.45) is 1.53. The maximum Gasteiger partial charge on any atom is 0.239 e. The van der Waals surface area contributed by atoms with E-state index in [9.17, 15) is 9.59 Å². The highest BCUT2D eigenvalue weighted by molar-refractivity contribution is 5.77. The van der Waals surface area contributed by atoms with Crippen molar-refractivity contribution >= 4 is 11.8 Å². The van der Waals surface area contributed by atoms with Gasteiger partial charge in [0, 0.05) is 0 Å². The van der Waals surface area contributed by atoms with Crippen molar-refractivity contribution < 1.29 is 9.59 Å². The summed E-state index contributed by atoms with van der Waals surface area (Å²) >= 11 is 0. The SMILES string of the molecule is NCC(=O)NCc1cn(CC(N)=O)nn1. The molecule has 15 heavy (non-hydrogen) atoms. The average Bonchev–Trinajstić information content (AvgIpc) is 2.61. The zero-order valence-electron chi connectivity index (χ0n) is 8.01. The molecule has 0 aliphatic heterocycles. The molecule has 0 unspecified atom stereocenters. The minimum absolute atomic E-state index is 0.0299. The molecule has 82 valence electrons. The molecular formula is C7H12N6O2. The summed E-state index contributed by atoms with van der Waals surface area (Å²) < 4.78 is 1.30. The number of carbonyl (C=O) groups excluding carboxylic acids is 2. The quantitative estimate of drug-likeness (QED) is 0.490. The lowest BCUT2D eigenvalue weighted by atomic mass is 10.4. The zero-order valence-corrected chi connectivity index (χ0v) is 8.01. The molecule has 0 saturated heterocycles. The van der Waals surface area contributed by atoms with Gasteiger partial charge in [-0.15, -0.1) is 5.10 Å². The second kappa shape index (κ2) is 5.05. The van der Waals surface area contributed by atoms with Crippen LogP contribution in [0.25, 0.3) is 0 Å². The lowest BCUT2D eigenvalue weighted by molar-refractivity contribution is -0.120. The number of hydrogen-bond donors (Lipinski definition) is 3.